The highest BCUT2D eigenvalue weighted by Crippen LogP contribution is 2.03. The lowest BCUT2D eigenvalue weighted by Gasteiger charge is -1.97. The van der Waals surface area contributed by atoms with Gasteiger partial charge >= 0.3 is 16.6 Å². The third-order valence-corrected chi connectivity index (χ3v) is 1.47. The highest BCUT2D eigenvalue weighted by atomic mass is 32.2. The summed E-state index contributed by atoms with van der Waals surface area (Å²) in [5.41, 5.74) is 1.73. The van der Waals surface area contributed by atoms with Crippen LogP contribution in [0.15, 0.2) is 24.3 Å². The van der Waals surface area contributed by atoms with E-state index >= 15 is 0 Å². The molecule has 0 spiro atoms. The van der Waals surface area contributed by atoms with Gasteiger partial charge in [0, 0.05) is 0 Å². The van der Waals surface area contributed by atoms with E-state index in [0.29, 0.717) is 5.56 Å². The molecule has 0 radical (unpaired) electrons. The van der Waals surface area contributed by atoms with Gasteiger partial charge < -0.3 is 4.74 Å². The molecule has 0 aliphatic rings. The van der Waals surface area contributed by atoms with Crippen molar-refractivity contribution < 1.29 is 22.2 Å². The van der Waals surface area contributed by atoms with Gasteiger partial charge in [-0.3, -0.25) is 0 Å². The average Bonchev–Trinajstić information content (AvgIpc) is 2.17. The summed E-state index contributed by atoms with van der Waals surface area (Å²) in [5.74, 6) is -0.287. The maximum absolute atomic E-state index is 10.9. The van der Waals surface area contributed by atoms with Crippen LogP contribution >= 0.6 is 0 Å². The molecule has 0 aliphatic carbocycles. The van der Waals surface area contributed by atoms with Gasteiger partial charge in [0.05, 0.1) is 12.7 Å². The molecule has 0 amide bonds. The van der Waals surface area contributed by atoms with Crippen LogP contribution in [0, 0.1) is 6.92 Å². The third kappa shape index (κ3) is 6.39. The lowest BCUT2D eigenvalue weighted by atomic mass is 10.2. The Morgan fingerprint density at radius 1 is 1.13 bits per heavy atom. The van der Waals surface area contributed by atoms with E-state index in [1.807, 2.05) is 19.1 Å². The van der Waals surface area contributed by atoms with Crippen LogP contribution in [0.1, 0.15) is 15.9 Å². The SMILES string of the molecule is COC(=O)c1ccc(C)cc1.O=S(=O)=O. The molecule has 0 bridgehead atoms. The largest absolute Gasteiger partial charge is 0.465 e. The summed E-state index contributed by atoms with van der Waals surface area (Å²) in [6.07, 6.45) is 0. The lowest BCUT2D eigenvalue weighted by Crippen LogP contribution is -2.00. The molecule has 0 atom stereocenters. The Morgan fingerprint density at radius 3 is 1.87 bits per heavy atom. The smallest absolute Gasteiger partial charge is 0.425 e. The van der Waals surface area contributed by atoms with Crippen molar-refractivity contribution in [3.8, 4) is 0 Å². The van der Waals surface area contributed by atoms with E-state index < -0.39 is 10.6 Å². The summed E-state index contributed by atoms with van der Waals surface area (Å²) < 4.78 is 29.9. The van der Waals surface area contributed by atoms with Gasteiger partial charge in [-0.1, -0.05) is 17.7 Å². The number of carbonyl (C=O) groups excluding carboxylic acids is 1. The van der Waals surface area contributed by atoms with Crippen molar-refractivity contribution in [2.45, 2.75) is 6.92 Å². The second-order valence-corrected chi connectivity index (χ2v) is 2.97. The maximum Gasteiger partial charge on any atom is 0.425 e. The zero-order valence-corrected chi connectivity index (χ0v) is 9.08. The van der Waals surface area contributed by atoms with E-state index in [1.165, 1.54) is 7.11 Å². The predicted molar refractivity (Wildman–Crippen MR) is 52.2 cm³/mol. The number of rotatable bonds is 1. The Labute approximate surface area is 88.7 Å². The molecule has 1 aromatic rings. The van der Waals surface area contributed by atoms with E-state index in [1.54, 1.807) is 12.1 Å². The number of benzene rings is 1. The van der Waals surface area contributed by atoms with Gasteiger partial charge in [0.2, 0.25) is 0 Å². The molecular formula is C9H10O5S. The molecule has 6 heteroatoms. The molecule has 0 unspecified atom stereocenters. The first-order valence-electron chi connectivity index (χ1n) is 3.89. The predicted octanol–water partition coefficient (Wildman–Crippen LogP) is 0.778. The van der Waals surface area contributed by atoms with Crippen molar-refractivity contribution in [2.24, 2.45) is 0 Å². The fourth-order valence-electron chi connectivity index (χ4n) is 0.807. The number of ether oxygens (including phenoxy) is 1. The Bertz CT molecular complexity index is 410. The molecule has 0 heterocycles. The van der Waals surface area contributed by atoms with Crippen LogP contribution in [-0.4, -0.2) is 25.7 Å². The topological polar surface area (TPSA) is 77.5 Å². The summed E-state index contributed by atoms with van der Waals surface area (Å²) in [5, 5.41) is 0. The Kier molecular flexibility index (Phi) is 5.96. The Morgan fingerprint density at radius 2 is 1.53 bits per heavy atom. The molecule has 1 rings (SSSR count). The van der Waals surface area contributed by atoms with Crippen LogP contribution in [0.4, 0.5) is 0 Å². The summed E-state index contributed by atoms with van der Waals surface area (Å²) in [6, 6.07) is 7.26. The Hall–Kier alpha value is -1.69. The van der Waals surface area contributed by atoms with Gasteiger partial charge in [-0.2, -0.15) is 0 Å². The first-order valence-corrected chi connectivity index (χ1v) is 4.89. The maximum atomic E-state index is 10.9. The molecule has 0 saturated carbocycles. The van der Waals surface area contributed by atoms with Crippen LogP contribution < -0.4 is 0 Å². The number of esters is 1. The first-order chi connectivity index (χ1) is 6.97. The van der Waals surface area contributed by atoms with Crippen molar-refractivity contribution in [3.05, 3.63) is 35.4 Å². The molecule has 0 aromatic heterocycles. The quantitative estimate of drug-likeness (QED) is 0.666. The monoisotopic (exact) mass is 230 g/mol. The van der Waals surface area contributed by atoms with Gasteiger partial charge in [-0.15, -0.1) is 12.6 Å². The minimum absolute atomic E-state index is 0.287. The average molecular weight is 230 g/mol. The number of methoxy groups -OCH3 is 1. The zero-order chi connectivity index (χ0) is 11.8. The highest BCUT2D eigenvalue weighted by Gasteiger charge is 2.01. The molecule has 1 aromatic carbocycles. The van der Waals surface area contributed by atoms with Gasteiger partial charge in [0.25, 0.3) is 0 Å². The van der Waals surface area contributed by atoms with Crippen molar-refractivity contribution in [2.75, 3.05) is 7.11 Å². The molecule has 5 nitrogen and oxygen atoms in total. The van der Waals surface area contributed by atoms with E-state index in [-0.39, 0.29) is 5.97 Å². The number of aryl methyl sites for hydroxylation is 1. The van der Waals surface area contributed by atoms with Crippen molar-refractivity contribution in [3.63, 3.8) is 0 Å². The molecule has 0 saturated heterocycles. The highest BCUT2D eigenvalue weighted by molar-refractivity contribution is 7.59. The number of carbonyl (C=O) groups is 1. The van der Waals surface area contributed by atoms with Crippen LogP contribution in [0.3, 0.4) is 0 Å². The van der Waals surface area contributed by atoms with Crippen molar-refractivity contribution in [1.82, 2.24) is 0 Å². The molecule has 0 fully saturated rings. The number of hydrogen-bond donors (Lipinski definition) is 0. The van der Waals surface area contributed by atoms with Crippen LogP contribution in [-0.2, 0) is 15.3 Å². The lowest BCUT2D eigenvalue weighted by molar-refractivity contribution is 0.0600. The summed E-state index contributed by atoms with van der Waals surface area (Å²) in [6.45, 7) is 1.97. The van der Waals surface area contributed by atoms with Crippen LogP contribution in [0.25, 0.3) is 0 Å². The van der Waals surface area contributed by atoms with Crippen LogP contribution in [0.5, 0.6) is 0 Å². The van der Waals surface area contributed by atoms with E-state index in [9.17, 15) is 4.79 Å². The van der Waals surface area contributed by atoms with E-state index in [0.717, 1.165) is 5.56 Å². The van der Waals surface area contributed by atoms with Crippen molar-refractivity contribution in [1.29, 1.82) is 0 Å². The van der Waals surface area contributed by atoms with Gasteiger partial charge in [-0.25, -0.2) is 4.79 Å². The van der Waals surface area contributed by atoms with Gasteiger partial charge in [0.1, 0.15) is 0 Å². The molecule has 0 aliphatic heterocycles. The summed E-state index contributed by atoms with van der Waals surface area (Å²) in [7, 11) is -1.73. The third-order valence-electron chi connectivity index (χ3n) is 1.47. The van der Waals surface area contributed by atoms with Gasteiger partial charge in [0.15, 0.2) is 0 Å². The van der Waals surface area contributed by atoms with E-state index in [4.69, 9.17) is 12.6 Å². The first kappa shape index (κ1) is 13.3. The van der Waals surface area contributed by atoms with E-state index in [2.05, 4.69) is 4.74 Å². The minimum Gasteiger partial charge on any atom is -0.465 e. The van der Waals surface area contributed by atoms with Crippen molar-refractivity contribution >= 4 is 16.6 Å². The molecule has 82 valence electrons. The second-order valence-electron chi connectivity index (χ2n) is 2.56. The zero-order valence-electron chi connectivity index (χ0n) is 8.26. The van der Waals surface area contributed by atoms with Crippen LogP contribution in [0.2, 0.25) is 0 Å². The summed E-state index contributed by atoms with van der Waals surface area (Å²) in [4.78, 5) is 10.9. The molecular weight excluding hydrogens is 220 g/mol. The fourth-order valence-corrected chi connectivity index (χ4v) is 0.807. The fraction of sp³-hybridized carbons (Fsp3) is 0.222. The normalized spacial score (nSPS) is 8.40. The number of hydrogen-bond acceptors (Lipinski definition) is 5. The minimum atomic E-state index is -3.11. The van der Waals surface area contributed by atoms with Gasteiger partial charge in [-0.05, 0) is 19.1 Å². The standard InChI is InChI=1S/C9H10O2.O3S/c1-7-3-5-8(6-4-7)9(10)11-2;1-4(2)3/h3-6H,1-2H3;. The second kappa shape index (κ2) is 6.72. The molecule has 15 heavy (non-hydrogen) atoms. The Balaban J connectivity index is 0.000000423. The summed E-state index contributed by atoms with van der Waals surface area (Å²) >= 11 is 0. The molecule has 0 N–H and O–H groups in total.